The van der Waals surface area contributed by atoms with Gasteiger partial charge in [0.1, 0.15) is 6.54 Å². The first-order chi connectivity index (χ1) is 9.44. The maximum atomic E-state index is 12.1. The van der Waals surface area contributed by atoms with Gasteiger partial charge in [0.2, 0.25) is 0 Å². The van der Waals surface area contributed by atoms with Crippen LogP contribution in [0, 0.1) is 16.7 Å². The van der Waals surface area contributed by atoms with Gasteiger partial charge in [-0.05, 0) is 30.6 Å². The molecule has 3 atom stereocenters. The van der Waals surface area contributed by atoms with Crippen molar-refractivity contribution in [1.29, 1.82) is 0 Å². The standard InChI is InChI=1S/C12H19ClF3NO3S/c1-10(2)8-3-4-11(10,6-13)9(5-8)20-21(18,19)17-7-12(14,15)16/h8-9,17H,3-7H2,1-2H3. The normalized spacial score (nSPS) is 35.3. The molecule has 0 aliphatic heterocycles. The highest BCUT2D eigenvalue weighted by molar-refractivity contribution is 7.84. The van der Waals surface area contributed by atoms with Crippen molar-refractivity contribution >= 4 is 21.9 Å². The zero-order valence-electron chi connectivity index (χ0n) is 11.8. The number of fused-ring (bicyclic) bond motifs is 2. The van der Waals surface area contributed by atoms with E-state index in [1.165, 1.54) is 4.72 Å². The Morgan fingerprint density at radius 1 is 1.38 bits per heavy atom. The summed E-state index contributed by atoms with van der Waals surface area (Å²) in [6.07, 6.45) is -3.11. The third-order valence-electron chi connectivity index (χ3n) is 5.29. The monoisotopic (exact) mass is 349 g/mol. The molecule has 1 N–H and O–H groups in total. The summed E-state index contributed by atoms with van der Waals surface area (Å²) in [4.78, 5) is 0. The summed E-state index contributed by atoms with van der Waals surface area (Å²) < 4.78 is 66.2. The van der Waals surface area contributed by atoms with Crippen LogP contribution in [-0.2, 0) is 14.5 Å². The molecule has 124 valence electrons. The summed E-state index contributed by atoms with van der Waals surface area (Å²) in [5.41, 5.74) is -0.689. The third-order valence-corrected chi connectivity index (χ3v) is 6.75. The summed E-state index contributed by atoms with van der Waals surface area (Å²) in [6.45, 7) is 2.40. The van der Waals surface area contributed by atoms with Crippen molar-refractivity contribution in [1.82, 2.24) is 4.72 Å². The van der Waals surface area contributed by atoms with E-state index in [1.807, 2.05) is 13.8 Å². The van der Waals surface area contributed by atoms with Gasteiger partial charge in [-0.3, -0.25) is 4.18 Å². The van der Waals surface area contributed by atoms with E-state index in [1.54, 1.807) is 0 Å². The van der Waals surface area contributed by atoms with Crippen LogP contribution < -0.4 is 4.72 Å². The van der Waals surface area contributed by atoms with Gasteiger partial charge in [-0.15, -0.1) is 11.6 Å². The Kier molecular flexibility index (Phi) is 4.32. The molecule has 0 saturated heterocycles. The summed E-state index contributed by atoms with van der Waals surface area (Å²) in [5, 5.41) is 0. The van der Waals surface area contributed by atoms with E-state index in [-0.39, 0.29) is 17.2 Å². The van der Waals surface area contributed by atoms with E-state index in [4.69, 9.17) is 15.8 Å². The van der Waals surface area contributed by atoms with E-state index in [0.717, 1.165) is 12.8 Å². The van der Waals surface area contributed by atoms with Crippen molar-refractivity contribution in [3.63, 3.8) is 0 Å². The van der Waals surface area contributed by atoms with Gasteiger partial charge in [-0.1, -0.05) is 13.8 Å². The summed E-state index contributed by atoms with van der Waals surface area (Å²) >= 11 is 6.07. The van der Waals surface area contributed by atoms with Gasteiger partial charge in [-0.2, -0.15) is 26.3 Å². The maximum absolute atomic E-state index is 12.1. The highest BCUT2D eigenvalue weighted by atomic mass is 35.5. The van der Waals surface area contributed by atoms with Crippen LogP contribution in [0.3, 0.4) is 0 Å². The lowest BCUT2D eigenvalue weighted by atomic mass is 9.70. The molecule has 21 heavy (non-hydrogen) atoms. The minimum atomic E-state index is -4.62. The molecule has 0 amide bonds. The molecule has 0 radical (unpaired) electrons. The first kappa shape index (κ1) is 17.3. The summed E-state index contributed by atoms with van der Waals surface area (Å²) in [5.74, 6) is 0.509. The van der Waals surface area contributed by atoms with Gasteiger partial charge in [0.05, 0.1) is 6.10 Å². The molecule has 2 rings (SSSR count). The molecule has 2 fully saturated rings. The highest BCUT2D eigenvalue weighted by Crippen LogP contribution is 2.67. The highest BCUT2D eigenvalue weighted by Gasteiger charge is 2.65. The fourth-order valence-corrected chi connectivity index (χ4v) is 5.43. The fourth-order valence-electron chi connectivity index (χ4n) is 3.81. The number of hydrogen-bond donors (Lipinski definition) is 1. The van der Waals surface area contributed by atoms with E-state index < -0.39 is 34.5 Å². The second-order valence-electron chi connectivity index (χ2n) is 6.46. The maximum Gasteiger partial charge on any atom is 0.402 e. The predicted octanol–water partition coefficient (Wildman–Crippen LogP) is 2.83. The molecular formula is C12H19ClF3NO3S. The smallest absolute Gasteiger partial charge is 0.254 e. The van der Waals surface area contributed by atoms with Gasteiger partial charge in [0, 0.05) is 11.3 Å². The summed E-state index contributed by atoms with van der Waals surface area (Å²) in [7, 11) is -4.45. The molecule has 4 nitrogen and oxygen atoms in total. The van der Waals surface area contributed by atoms with Gasteiger partial charge < -0.3 is 0 Å². The van der Waals surface area contributed by atoms with Crippen molar-refractivity contribution in [3.05, 3.63) is 0 Å². The van der Waals surface area contributed by atoms with Gasteiger partial charge in [0.25, 0.3) is 0 Å². The van der Waals surface area contributed by atoms with E-state index >= 15 is 0 Å². The molecule has 2 aliphatic rings. The number of hydrogen-bond acceptors (Lipinski definition) is 3. The van der Waals surface area contributed by atoms with Gasteiger partial charge >= 0.3 is 16.5 Å². The molecule has 0 heterocycles. The molecule has 2 saturated carbocycles. The van der Waals surface area contributed by atoms with Crippen LogP contribution >= 0.6 is 11.6 Å². The third kappa shape index (κ3) is 3.04. The first-order valence-electron chi connectivity index (χ1n) is 6.74. The Morgan fingerprint density at radius 3 is 2.48 bits per heavy atom. The molecule has 0 aromatic carbocycles. The van der Waals surface area contributed by atoms with Crippen LogP contribution in [0.15, 0.2) is 0 Å². The molecule has 9 heteroatoms. The van der Waals surface area contributed by atoms with Gasteiger partial charge in [-0.25, -0.2) is 0 Å². The zero-order chi connectivity index (χ0) is 16.1. The Labute approximate surface area is 127 Å². The molecule has 0 spiro atoms. The van der Waals surface area contributed by atoms with E-state index in [9.17, 15) is 21.6 Å². The fraction of sp³-hybridized carbons (Fsp3) is 1.00. The average molecular weight is 350 g/mol. The van der Waals surface area contributed by atoms with Crippen LogP contribution in [0.5, 0.6) is 0 Å². The Balaban J connectivity index is 2.10. The minimum Gasteiger partial charge on any atom is -0.254 e. The summed E-state index contributed by atoms with van der Waals surface area (Å²) in [6, 6.07) is 0. The lowest BCUT2D eigenvalue weighted by Gasteiger charge is -2.40. The Bertz CT molecular complexity index is 508. The van der Waals surface area contributed by atoms with Crippen LogP contribution in [0.2, 0.25) is 0 Å². The molecular weight excluding hydrogens is 331 g/mol. The van der Waals surface area contributed by atoms with Crippen molar-refractivity contribution in [3.8, 4) is 0 Å². The predicted molar refractivity (Wildman–Crippen MR) is 72.1 cm³/mol. The van der Waals surface area contributed by atoms with Gasteiger partial charge in [0.15, 0.2) is 0 Å². The lowest BCUT2D eigenvalue weighted by Crippen LogP contribution is -2.45. The van der Waals surface area contributed by atoms with Crippen LogP contribution in [0.25, 0.3) is 0 Å². The lowest BCUT2D eigenvalue weighted by molar-refractivity contribution is -0.122. The van der Waals surface area contributed by atoms with Crippen LogP contribution in [-0.4, -0.2) is 33.1 Å². The second kappa shape index (κ2) is 5.25. The topological polar surface area (TPSA) is 55.4 Å². The van der Waals surface area contributed by atoms with Crippen LogP contribution in [0.4, 0.5) is 13.2 Å². The quantitative estimate of drug-likeness (QED) is 0.776. The van der Waals surface area contributed by atoms with E-state index in [2.05, 4.69) is 0 Å². The van der Waals surface area contributed by atoms with Crippen molar-refractivity contribution < 1.29 is 25.8 Å². The molecule has 2 bridgehead atoms. The minimum absolute atomic E-state index is 0.182. The molecule has 3 unspecified atom stereocenters. The van der Waals surface area contributed by atoms with Crippen LogP contribution in [0.1, 0.15) is 33.1 Å². The first-order valence-corrected chi connectivity index (χ1v) is 8.68. The van der Waals surface area contributed by atoms with Crippen molar-refractivity contribution in [2.45, 2.75) is 45.4 Å². The average Bonchev–Trinajstić information content (AvgIpc) is 2.70. The second-order valence-corrected chi connectivity index (χ2v) is 8.11. The van der Waals surface area contributed by atoms with Crippen molar-refractivity contribution in [2.75, 3.05) is 12.4 Å². The molecule has 2 aliphatic carbocycles. The SMILES string of the molecule is CC1(C)C2CCC1(CCl)C(OS(=O)(=O)NCC(F)(F)F)C2. The zero-order valence-corrected chi connectivity index (χ0v) is 13.4. The molecule has 0 aromatic rings. The Hall–Kier alpha value is -0.0500. The number of alkyl halides is 4. The van der Waals surface area contributed by atoms with Crippen molar-refractivity contribution in [2.24, 2.45) is 16.7 Å². The number of nitrogens with one attached hydrogen (secondary N) is 1. The number of rotatable bonds is 5. The van der Waals surface area contributed by atoms with E-state index in [0.29, 0.717) is 6.42 Å². The largest absolute Gasteiger partial charge is 0.402 e. The molecule has 0 aromatic heterocycles. The number of halogens is 4. The Morgan fingerprint density at radius 2 is 2.00 bits per heavy atom.